The third-order valence-corrected chi connectivity index (χ3v) is 3.65. The molecule has 2 aliphatic heterocycles. The highest BCUT2D eigenvalue weighted by atomic mass is 16.6. The van der Waals surface area contributed by atoms with Crippen LogP contribution in [0, 0.1) is 0 Å². The van der Waals surface area contributed by atoms with E-state index < -0.39 is 0 Å². The van der Waals surface area contributed by atoms with Gasteiger partial charge in [0.05, 0.1) is 18.7 Å². The molecule has 0 atom stereocenters. The molecular formula is C18H15NO3. The number of hydrogen-bond donors (Lipinski definition) is 0. The molecule has 1 saturated heterocycles. The number of hydrogen-bond acceptors (Lipinski definition) is 3. The van der Waals surface area contributed by atoms with Crippen molar-refractivity contribution in [2.45, 2.75) is 6.61 Å². The van der Waals surface area contributed by atoms with Crippen molar-refractivity contribution in [2.75, 3.05) is 13.2 Å². The minimum absolute atomic E-state index is 0.0393. The van der Waals surface area contributed by atoms with Gasteiger partial charge in [-0.2, -0.15) is 0 Å². The number of ether oxygens (including phenoxy) is 2. The summed E-state index contributed by atoms with van der Waals surface area (Å²) in [5, 5.41) is 1.00. The predicted octanol–water partition coefficient (Wildman–Crippen LogP) is 2.90. The molecule has 22 heavy (non-hydrogen) atoms. The van der Waals surface area contributed by atoms with E-state index >= 15 is 0 Å². The molecule has 0 aliphatic carbocycles. The number of nitrogens with zero attached hydrogens (tertiary/aromatic N) is 1. The van der Waals surface area contributed by atoms with Crippen LogP contribution in [0.1, 0.15) is 5.56 Å². The molecule has 5 rings (SSSR count). The third-order valence-electron chi connectivity index (χ3n) is 3.65. The molecule has 4 nitrogen and oxygen atoms in total. The zero-order valence-electron chi connectivity index (χ0n) is 12.0. The van der Waals surface area contributed by atoms with Crippen molar-refractivity contribution < 1.29 is 9.47 Å². The van der Waals surface area contributed by atoms with Gasteiger partial charge in [-0.15, -0.1) is 0 Å². The van der Waals surface area contributed by atoms with Gasteiger partial charge in [0.2, 0.25) is 0 Å². The maximum atomic E-state index is 12.2. The van der Waals surface area contributed by atoms with Crippen LogP contribution in [0.4, 0.5) is 0 Å². The van der Waals surface area contributed by atoms with Gasteiger partial charge in [0, 0.05) is 17.1 Å². The van der Waals surface area contributed by atoms with Crippen molar-refractivity contribution in [1.82, 2.24) is 4.57 Å². The number of para-hydroxylation sites is 1. The van der Waals surface area contributed by atoms with Gasteiger partial charge < -0.3 is 9.47 Å². The maximum Gasteiger partial charge on any atom is 0.255 e. The smallest absolute Gasteiger partial charge is 0.255 e. The predicted molar refractivity (Wildman–Crippen MR) is 84.7 cm³/mol. The van der Waals surface area contributed by atoms with E-state index in [1.165, 1.54) is 0 Å². The Kier molecular flexibility index (Phi) is 3.16. The molecule has 3 aromatic rings. The molecule has 3 heterocycles. The standard InChI is InChI=1S/C16H11NO2.C2H4O/c18-15-8-7-12-4-2-6-14-16(12)17(15)13-5-1-3-11(9-13)10-19-14;1-2-3-1/h1-9H,10H2;1-2H2. The summed E-state index contributed by atoms with van der Waals surface area (Å²) in [6.07, 6.45) is 0. The molecule has 0 N–H and O–H groups in total. The van der Waals surface area contributed by atoms with Gasteiger partial charge in [-0.3, -0.25) is 9.36 Å². The van der Waals surface area contributed by atoms with Crippen molar-refractivity contribution >= 4 is 10.9 Å². The lowest BCUT2D eigenvalue weighted by Crippen LogP contribution is -2.19. The first-order chi connectivity index (χ1) is 10.8. The van der Waals surface area contributed by atoms with Crippen molar-refractivity contribution in [3.05, 3.63) is 70.5 Å². The Morgan fingerprint density at radius 1 is 0.955 bits per heavy atom. The quantitative estimate of drug-likeness (QED) is 0.599. The van der Waals surface area contributed by atoms with Gasteiger partial charge in [0.25, 0.3) is 5.56 Å². The molecule has 1 fully saturated rings. The monoisotopic (exact) mass is 293 g/mol. The molecule has 2 bridgehead atoms. The fourth-order valence-electron chi connectivity index (χ4n) is 2.58. The summed E-state index contributed by atoms with van der Waals surface area (Å²) in [4.78, 5) is 12.2. The Bertz CT molecular complexity index is 893. The van der Waals surface area contributed by atoms with Gasteiger partial charge in [-0.25, -0.2) is 0 Å². The molecule has 1 aromatic heterocycles. The number of pyridine rings is 1. The normalized spacial score (nSPS) is 14.2. The summed E-state index contributed by atoms with van der Waals surface area (Å²) in [6.45, 7) is 2.52. The van der Waals surface area contributed by atoms with Crippen molar-refractivity contribution in [3.8, 4) is 11.4 Å². The Morgan fingerprint density at radius 2 is 1.77 bits per heavy atom. The van der Waals surface area contributed by atoms with E-state index in [1.807, 2.05) is 48.5 Å². The van der Waals surface area contributed by atoms with E-state index in [9.17, 15) is 4.79 Å². The summed E-state index contributed by atoms with van der Waals surface area (Å²) in [5.41, 5.74) is 2.76. The fourth-order valence-corrected chi connectivity index (χ4v) is 2.58. The molecule has 4 heteroatoms. The molecule has 0 radical (unpaired) electrons. The first-order valence-corrected chi connectivity index (χ1v) is 7.27. The van der Waals surface area contributed by atoms with Crippen LogP contribution >= 0.6 is 0 Å². The van der Waals surface area contributed by atoms with Crippen LogP contribution in [0.5, 0.6) is 5.75 Å². The number of aromatic nitrogens is 1. The van der Waals surface area contributed by atoms with Gasteiger partial charge in [0.1, 0.15) is 12.4 Å². The molecule has 0 spiro atoms. The first-order valence-electron chi connectivity index (χ1n) is 7.27. The molecule has 2 aliphatic rings. The average molecular weight is 293 g/mol. The van der Waals surface area contributed by atoms with E-state index in [2.05, 4.69) is 4.74 Å². The highest BCUT2D eigenvalue weighted by Gasteiger charge is 2.13. The lowest BCUT2D eigenvalue weighted by atomic mass is 10.1. The number of rotatable bonds is 0. The van der Waals surface area contributed by atoms with Crippen molar-refractivity contribution in [2.24, 2.45) is 0 Å². The Morgan fingerprint density at radius 3 is 2.59 bits per heavy atom. The van der Waals surface area contributed by atoms with E-state index in [-0.39, 0.29) is 5.56 Å². The molecular weight excluding hydrogens is 278 g/mol. The summed E-state index contributed by atoms with van der Waals surface area (Å²) in [5.74, 6) is 0.752. The van der Waals surface area contributed by atoms with Crippen LogP contribution in [-0.2, 0) is 11.3 Å². The summed E-state index contributed by atoms with van der Waals surface area (Å²) >= 11 is 0. The van der Waals surface area contributed by atoms with Crippen molar-refractivity contribution in [1.29, 1.82) is 0 Å². The van der Waals surface area contributed by atoms with Gasteiger partial charge >= 0.3 is 0 Å². The molecule has 0 amide bonds. The minimum Gasteiger partial charge on any atom is -0.487 e. The van der Waals surface area contributed by atoms with E-state index in [4.69, 9.17) is 4.74 Å². The van der Waals surface area contributed by atoms with Gasteiger partial charge in [-0.05, 0) is 29.8 Å². The largest absolute Gasteiger partial charge is 0.487 e. The average Bonchev–Trinajstić information content (AvgIpc) is 3.41. The van der Waals surface area contributed by atoms with Crippen LogP contribution in [0.15, 0.2) is 59.4 Å². The second-order valence-electron chi connectivity index (χ2n) is 5.27. The SMILES string of the molecule is C1CO1.O=c1ccc2cccc3c2n1-c1cccc(c1)CO3. The fraction of sp³-hybridized carbons (Fsp3) is 0.167. The van der Waals surface area contributed by atoms with E-state index in [0.717, 1.165) is 41.1 Å². The number of fused-ring (bicyclic) bond motifs is 3. The second-order valence-corrected chi connectivity index (χ2v) is 5.27. The second kappa shape index (κ2) is 5.31. The highest BCUT2D eigenvalue weighted by Crippen LogP contribution is 2.29. The van der Waals surface area contributed by atoms with Crippen LogP contribution in [0.3, 0.4) is 0 Å². The first kappa shape index (κ1) is 13.1. The van der Waals surface area contributed by atoms with Gasteiger partial charge in [0.15, 0.2) is 0 Å². The zero-order valence-corrected chi connectivity index (χ0v) is 12.0. The van der Waals surface area contributed by atoms with Crippen LogP contribution in [0.25, 0.3) is 16.6 Å². The summed E-state index contributed by atoms with van der Waals surface area (Å²) in [6, 6.07) is 17.2. The van der Waals surface area contributed by atoms with Crippen molar-refractivity contribution in [3.63, 3.8) is 0 Å². The minimum atomic E-state index is -0.0393. The third kappa shape index (κ3) is 2.38. The highest BCUT2D eigenvalue weighted by molar-refractivity contribution is 5.86. The number of benzene rings is 2. The van der Waals surface area contributed by atoms with Crippen LogP contribution in [0.2, 0.25) is 0 Å². The number of epoxide rings is 1. The molecule has 110 valence electrons. The van der Waals surface area contributed by atoms with Crippen LogP contribution in [-0.4, -0.2) is 17.8 Å². The lowest BCUT2D eigenvalue weighted by molar-refractivity contribution is 0.308. The maximum absolute atomic E-state index is 12.2. The summed E-state index contributed by atoms with van der Waals surface area (Å²) < 4.78 is 12.1. The molecule has 0 unspecified atom stereocenters. The Balaban J connectivity index is 0.000000375. The summed E-state index contributed by atoms with van der Waals surface area (Å²) in [7, 11) is 0. The lowest BCUT2D eigenvalue weighted by Gasteiger charge is -2.18. The van der Waals surface area contributed by atoms with E-state index in [0.29, 0.717) is 6.61 Å². The van der Waals surface area contributed by atoms with Gasteiger partial charge in [-0.1, -0.05) is 24.3 Å². The van der Waals surface area contributed by atoms with Crippen LogP contribution < -0.4 is 10.3 Å². The zero-order chi connectivity index (χ0) is 14.9. The topological polar surface area (TPSA) is 43.8 Å². The Labute approximate surface area is 127 Å². The van der Waals surface area contributed by atoms with E-state index in [1.54, 1.807) is 10.6 Å². The molecule has 0 saturated carbocycles. The molecule has 2 aromatic carbocycles. The Hall–Kier alpha value is -2.59.